The van der Waals surface area contributed by atoms with Gasteiger partial charge in [-0.3, -0.25) is 9.59 Å². The zero-order valence-corrected chi connectivity index (χ0v) is 10.1. The van der Waals surface area contributed by atoms with Crippen molar-refractivity contribution in [3.05, 3.63) is 0 Å². The van der Waals surface area contributed by atoms with Gasteiger partial charge in [0.25, 0.3) is 0 Å². The summed E-state index contributed by atoms with van der Waals surface area (Å²) in [5.74, 6) is -3.57. The predicted molar refractivity (Wildman–Crippen MR) is 61.3 cm³/mol. The van der Waals surface area contributed by atoms with E-state index in [1.54, 1.807) is 0 Å². The van der Waals surface area contributed by atoms with Crippen molar-refractivity contribution in [1.29, 1.82) is 0 Å². The molecule has 0 radical (unpaired) electrons. The summed E-state index contributed by atoms with van der Waals surface area (Å²) >= 11 is 0. The lowest BCUT2D eigenvalue weighted by Crippen LogP contribution is -2.27. The molecule has 0 rings (SSSR count). The van der Waals surface area contributed by atoms with Crippen molar-refractivity contribution < 1.29 is 19.8 Å². The van der Waals surface area contributed by atoms with Gasteiger partial charge < -0.3 is 10.2 Å². The Bertz CT molecular complexity index is 225. The van der Waals surface area contributed by atoms with Crippen LogP contribution in [0.5, 0.6) is 0 Å². The molecule has 0 bridgehead atoms. The average Bonchev–Trinajstić information content (AvgIpc) is 2.21. The molecule has 94 valence electrons. The minimum absolute atomic E-state index is 0.465. The normalized spacial score (nSPS) is 14.4. The van der Waals surface area contributed by atoms with Crippen LogP contribution in [0.3, 0.4) is 0 Å². The third kappa shape index (κ3) is 5.73. The maximum absolute atomic E-state index is 10.9. The summed E-state index contributed by atoms with van der Waals surface area (Å²) in [6, 6.07) is 0. The fourth-order valence-corrected chi connectivity index (χ4v) is 1.73. The van der Waals surface area contributed by atoms with Crippen molar-refractivity contribution in [2.24, 2.45) is 11.8 Å². The van der Waals surface area contributed by atoms with Crippen molar-refractivity contribution >= 4 is 11.9 Å². The Labute approximate surface area is 96.7 Å². The Hall–Kier alpha value is -1.06. The molecule has 0 aliphatic rings. The van der Waals surface area contributed by atoms with Gasteiger partial charge in [0.15, 0.2) is 0 Å². The quantitative estimate of drug-likeness (QED) is 0.597. The summed E-state index contributed by atoms with van der Waals surface area (Å²) in [5, 5.41) is 17.7. The van der Waals surface area contributed by atoms with E-state index in [-0.39, 0.29) is 0 Å². The van der Waals surface area contributed by atoms with Crippen LogP contribution in [0, 0.1) is 11.8 Å². The van der Waals surface area contributed by atoms with Gasteiger partial charge in [-0.05, 0) is 6.42 Å². The molecule has 0 aliphatic carbocycles. The van der Waals surface area contributed by atoms with Gasteiger partial charge in [-0.1, -0.05) is 46.0 Å². The summed E-state index contributed by atoms with van der Waals surface area (Å²) in [6.07, 6.45) is 5.66. The molecular weight excluding hydrogens is 208 g/mol. The molecule has 4 heteroatoms. The molecule has 0 fully saturated rings. The van der Waals surface area contributed by atoms with Crippen LogP contribution < -0.4 is 0 Å². The first-order chi connectivity index (χ1) is 7.50. The van der Waals surface area contributed by atoms with E-state index >= 15 is 0 Å². The molecule has 0 heterocycles. The van der Waals surface area contributed by atoms with Crippen LogP contribution in [-0.4, -0.2) is 22.2 Å². The van der Waals surface area contributed by atoms with Crippen LogP contribution in [0.15, 0.2) is 0 Å². The van der Waals surface area contributed by atoms with Gasteiger partial charge in [-0.15, -0.1) is 0 Å². The standard InChI is InChI=1S/C12H22O4/c1-3-4-5-6-7-8-10(12(15)16)9(2)11(13)14/h9-10H,3-8H2,1-2H3,(H,13,14)(H,15,16)/t9-,10?/m0/s1. The number of carboxylic acids is 2. The van der Waals surface area contributed by atoms with Gasteiger partial charge in [-0.25, -0.2) is 0 Å². The number of carbonyl (C=O) groups is 2. The highest BCUT2D eigenvalue weighted by atomic mass is 16.4. The van der Waals surface area contributed by atoms with Gasteiger partial charge in [0.05, 0.1) is 11.8 Å². The van der Waals surface area contributed by atoms with Gasteiger partial charge in [0.1, 0.15) is 0 Å². The maximum Gasteiger partial charge on any atom is 0.307 e. The molecule has 2 N–H and O–H groups in total. The molecule has 0 aromatic carbocycles. The Morgan fingerprint density at radius 1 is 1.00 bits per heavy atom. The molecule has 0 aliphatic heterocycles. The van der Waals surface area contributed by atoms with Gasteiger partial charge in [0.2, 0.25) is 0 Å². The molecule has 4 nitrogen and oxygen atoms in total. The van der Waals surface area contributed by atoms with Crippen molar-refractivity contribution in [2.75, 3.05) is 0 Å². The molecule has 0 amide bonds. The second kappa shape index (κ2) is 8.13. The first-order valence-electron chi connectivity index (χ1n) is 5.96. The SMILES string of the molecule is CCCCCCCC(C(=O)O)[C@H](C)C(=O)O. The first-order valence-corrected chi connectivity index (χ1v) is 5.96. The summed E-state index contributed by atoms with van der Waals surface area (Å²) in [5.41, 5.74) is 0. The van der Waals surface area contributed by atoms with E-state index in [1.807, 2.05) is 0 Å². The average molecular weight is 230 g/mol. The smallest absolute Gasteiger partial charge is 0.307 e. The zero-order chi connectivity index (χ0) is 12.6. The lowest BCUT2D eigenvalue weighted by Gasteiger charge is -2.16. The third-order valence-corrected chi connectivity index (χ3v) is 2.93. The Morgan fingerprint density at radius 3 is 2.00 bits per heavy atom. The molecular formula is C12H22O4. The van der Waals surface area contributed by atoms with Crippen LogP contribution >= 0.6 is 0 Å². The monoisotopic (exact) mass is 230 g/mol. The zero-order valence-electron chi connectivity index (χ0n) is 10.1. The molecule has 0 aromatic heterocycles. The Balaban J connectivity index is 3.96. The van der Waals surface area contributed by atoms with Crippen LogP contribution in [0.25, 0.3) is 0 Å². The molecule has 0 aromatic rings. The van der Waals surface area contributed by atoms with Gasteiger partial charge in [0, 0.05) is 0 Å². The highest BCUT2D eigenvalue weighted by Crippen LogP contribution is 2.20. The second-order valence-electron chi connectivity index (χ2n) is 4.27. The number of rotatable bonds is 9. The largest absolute Gasteiger partial charge is 0.481 e. The van der Waals surface area contributed by atoms with Crippen LogP contribution in [0.1, 0.15) is 52.4 Å². The van der Waals surface area contributed by atoms with Crippen molar-refractivity contribution in [3.63, 3.8) is 0 Å². The lowest BCUT2D eigenvalue weighted by atomic mass is 9.89. The van der Waals surface area contributed by atoms with Gasteiger partial charge in [-0.2, -0.15) is 0 Å². The molecule has 0 saturated carbocycles. The molecule has 2 atom stereocenters. The summed E-state index contributed by atoms with van der Waals surface area (Å²) in [4.78, 5) is 21.6. The summed E-state index contributed by atoms with van der Waals surface area (Å²) < 4.78 is 0. The summed E-state index contributed by atoms with van der Waals surface area (Å²) in [7, 11) is 0. The van der Waals surface area contributed by atoms with Gasteiger partial charge >= 0.3 is 11.9 Å². The molecule has 0 saturated heterocycles. The van der Waals surface area contributed by atoms with E-state index in [1.165, 1.54) is 6.92 Å². The number of aliphatic carboxylic acids is 2. The minimum Gasteiger partial charge on any atom is -0.481 e. The van der Waals surface area contributed by atoms with E-state index in [0.717, 1.165) is 32.1 Å². The first kappa shape index (κ1) is 14.9. The maximum atomic E-state index is 10.9. The third-order valence-electron chi connectivity index (χ3n) is 2.93. The topological polar surface area (TPSA) is 74.6 Å². The van der Waals surface area contributed by atoms with E-state index in [2.05, 4.69) is 6.92 Å². The number of carboxylic acid groups (broad SMARTS) is 2. The fourth-order valence-electron chi connectivity index (χ4n) is 1.73. The number of hydrogen-bond donors (Lipinski definition) is 2. The van der Waals surface area contributed by atoms with Crippen molar-refractivity contribution in [1.82, 2.24) is 0 Å². The molecule has 16 heavy (non-hydrogen) atoms. The van der Waals surface area contributed by atoms with E-state index in [9.17, 15) is 9.59 Å². The lowest BCUT2D eigenvalue weighted by molar-refractivity contribution is -0.153. The second-order valence-corrected chi connectivity index (χ2v) is 4.27. The van der Waals surface area contributed by atoms with E-state index in [0.29, 0.717) is 6.42 Å². The van der Waals surface area contributed by atoms with E-state index in [4.69, 9.17) is 10.2 Å². The highest BCUT2D eigenvalue weighted by Gasteiger charge is 2.29. The highest BCUT2D eigenvalue weighted by molar-refractivity contribution is 5.79. The van der Waals surface area contributed by atoms with Crippen molar-refractivity contribution in [2.45, 2.75) is 52.4 Å². The predicted octanol–water partition coefficient (Wildman–Crippen LogP) is 2.77. The van der Waals surface area contributed by atoms with Crippen molar-refractivity contribution in [3.8, 4) is 0 Å². The molecule has 1 unspecified atom stereocenters. The van der Waals surface area contributed by atoms with Crippen LogP contribution in [0.2, 0.25) is 0 Å². The summed E-state index contributed by atoms with van der Waals surface area (Å²) in [6.45, 7) is 3.58. The van der Waals surface area contributed by atoms with Crippen LogP contribution in [-0.2, 0) is 9.59 Å². The molecule has 0 spiro atoms. The number of unbranched alkanes of at least 4 members (excludes halogenated alkanes) is 4. The fraction of sp³-hybridized carbons (Fsp3) is 0.833. The number of hydrogen-bond acceptors (Lipinski definition) is 2. The Kier molecular flexibility index (Phi) is 7.60. The Morgan fingerprint density at radius 2 is 1.56 bits per heavy atom. The minimum atomic E-state index is -1.03. The van der Waals surface area contributed by atoms with E-state index < -0.39 is 23.8 Å². The van der Waals surface area contributed by atoms with Crippen LogP contribution in [0.4, 0.5) is 0 Å².